The molecule has 12 nitrogen and oxygen atoms in total. The number of hydrogen-bond donors (Lipinski definition) is 2. The number of nitro benzene ring substituents is 1. The topological polar surface area (TPSA) is 173 Å². The van der Waals surface area contributed by atoms with Crippen LogP contribution in [0.5, 0.6) is 5.75 Å². The van der Waals surface area contributed by atoms with E-state index in [2.05, 4.69) is 10.2 Å². The second-order valence-electron chi connectivity index (χ2n) is 9.45. The molecule has 0 aliphatic carbocycles. The van der Waals surface area contributed by atoms with Gasteiger partial charge in [-0.25, -0.2) is 0 Å². The molecule has 0 bridgehead atoms. The number of amides is 1. The van der Waals surface area contributed by atoms with Gasteiger partial charge < -0.3 is 14.9 Å². The van der Waals surface area contributed by atoms with Crippen molar-refractivity contribution in [3.63, 3.8) is 0 Å². The van der Waals surface area contributed by atoms with Crippen molar-refractivity contribution in [2.75, 3.05) is 4.90 Å². The summed E-state index contributed by atoms with van der Waals surface area (Å²) in [6.45, 7) is 5.13. The number of nitro groups is 1. The number of ether oxygens (including phenoxy) is 1. The molecule has 0 spiro atoms. The van der Waals surface area contributed by atoms with Gasteiger partial charge in [0.1, 0.15) is 23.1 Å². The number of rotatable bonds is 7. The quantitative estimate of drug-likeness (QED) is 0.0922. The lowest BCUT2D eigenvalue weighted by Crippen LogP contribution is -2.29. The summed E-state index contributed by atoms with van der Waals surface area (Å²) in [6.07, 6.45) is 0. The first-order valence-electron chi connectivity index (χ1n) is 12.8. The third kappa shape index (κ3) is 7.08. The molecule has 43 heavy (non-hydrogen) atoms. The van der Waals surface area contributed by atoms with Gasteiger partial charge in [-0.05, 0) is 49.2 Å². The van der Waals surface area contributed by atoms with Gasteiger partial charge in [0.05, 0.1) is 16.5 Å². The lowest BCUT2D eigenvalue weighted by atomic mass is 9.95. The Morgan fingerprint density at radius 3 is 2.30 bits per heavy atom. The van der Waals surface area contributed by atoms with Crippen LogP contribution in [0.15, 0.2) is 78.4 Å². The van der Waals surface area contributed by atoms with E-state index in [1.807, 2.05) is 31.2 Å². The van der Waals surface area contributed by atoms with Crippen LogP contribution >= 0.6 is 11.3 Å². The average molecular weight is 603 g/mol. The predicted octanol–water partition coefficient (Wildman–Crippen LogP) is 5.36. The fraction of sp³-hybridized carbons (Fsp3) is 0.167. The molecular weight excluding hydrogens is 576 g/mol. The number of aliphatic hydroxyl groups is 1. The number of aromatic nitrogens is 2. The first-order chi connectivity index (χ1) is 20.5. The Kier molecular flexibility index (Phi) is 9.26. The molecule has 0 radical (unpaired) electrons. The number of nitrogens with zero attached hydrogens (tertiary/aromatic N) is 4. The van der Waals surface area contributed by atoms with E-state index in [1.54, 1.807) is 37.3 Å². The number of aryl methyl sites for hydroxylation is 2. The van der Waals surface area contributed by atoms with Gasteiger partial charge in [0.2, 0.25) is 5.13 Å². The van der Waals surface area contributed by atoms with Crippen molar-refractivity contribution in [3.8, 4) is 5.75 Å². The summed E-state index contributed by atoms with van der Waals surface area (Å²) in [7, 11) is 0. The van der Waals surface area contributed by atoms with E-state index < -0.39 is 34.4 Å². The first kappa shape index (κ1) is 30.5. The Morgan fingerprint density at radius 1 is 1.02 bits per heavy atom. The van der Waals surface area contributed by atoms with Crippen LogP contribution in [0.2, 0.25) is 0 Å². The summed E-state index contributed by atoms with van der Waals surface area (Å²) in [4.78, 5) is 47.4. The molecule has 1 aliphatic rings. The zero-order chi connectivity index (χ0) is 31.3. The van der Waals surface area contributed by atoms with Crippen molar-refractivity contribution in [2.24, 2.45) is 0 Å². The lowest BCUT2D eigenvalue weighted by molar-refractivity contribution is -0.384. The highest BCUT2D eigenvalue weighted by atomic mass is 32.1. The fourth-order valence-electron chi connectivity index (χ4n) is 4.37. The van der Waals surface area contributed by atoms with E-state index in [9.17, 15) is 24.8 Å². The van der Waals surface area contributed by atoms with E-state index in [0.717, 1.165) is 34.3 Å². The number of aliphatic hydroxyl groups excluding tert-OH is 1. The van der Waals surface area contributed by atoms with Gasteiger partial charge in [0, 0.05) is 24.6 Å². The number of carbonyl (C=O) groups is 3. The van der Waals surface area contributed by atoms with Gasteiger partial charge in [0.25, 0.3) is 17.4 Å². The Morgan fingerprint density at radius 2 is 1.70 bits per heavy atom. The molecule has 2 N–H and O–H groups in total. The molecule has 2 heterocycles. The van der Waals surface area contributed by atoms with Crippen LogP contribution in [0.1, 0.15) is 40.2 Å². The van der Waals surface area contributed by atoms with E-state index in [-0.39, 0.29) is 27.5 Å². The Labute approximate surface area is 249 Å². The Hall–Kier alpha value is -5.43. The van der Waals surface area contributed by atoms with Crippen molar-refractivity contribution in [3.05, 3.63) is 116 Å². The Bertz CT molecular complexity index is 1730. The van der Waals surface area contributed by atoms with Gasteiger partial charge in [-0.2, -0.15) is 0 Å². The number of carboxylic acids is 1. The molecule has 5 rings (SSSR count). The average Bonchev–Trinajstić information content (AvgIpc) is 3.51. The maximum absolute atomic E-state index is 13.3. The summed E-state index contributed by atoms with van der Waals surface area (Å²) in [5.41, 5.74) is 2.25. The molecule has 1 aliphatic heterocycles. The molecule has 3 aromatic carbocycles. The molecule has 1 unspecified atom stereocenters. The number of carbonyl (C=O) groups excluding carboxylic acids is 2. The molecule has 1 atom stereocenters. The summed E-state index contributed by atoms with van der Waals surface area (Å²) in [6, 6.07) is 18.8. The van der Waals surface area contributed by atoms with E-state index in [0.29, 0.717) is 17.4 Å². The normalized spacial score (nSPS) is 15.5. The Balaban J connectivity index is 0.000000996. The van der Waals surface area contributed by atoms with Crippen LogP contribution in [0.3, 0.4) is 0 Å². The van der Waals surface area contributed by atoms with Crippen molar-refractivity contribution >= 4 is 45.6 Å². The van der Waals surface area contributed by atoms with E-state index in [4.69, 9.17) is 14.6 Å². The molecule has 1 aromatic heterocycles. The highest BCUT2D eigenvalue weighted by molar-refractivity contribution is 7.15. The summed E-state index contributed by atoms with van der Waals surface area (Å²) in [5.74, 6) is -2.55. The summed E-state index contributed by atoms with van der Waals surface area (Å²) < 4.78 is 5.84. The van der Waals surface area contributed by atoms with Gasteiger partial charge in [-0.15, -0.1) is 10.2 Å². The molecule has 13 heteroatoms. The van der Waals surface area contributed by atoms with Crippen molar-refractivity contribution in [1.82, 2.24) is 10.2 Å². The van der Waals surface area contributed by atoms with Crippen molar-refractivity contribution in [1.29, 1.82) is 0 Å². The summed E-state index contributed by atoms with van der Waals surface area (Å²) in [5, 5.41) is 38.8. The highest BCUT2D eigenvalue weighted by Crippen LogP contribution is 2.43. The maximum atomic E-state index is 13.3. The molecule has 0 saturated carbocycles. The fourth-order valence-corrected chi connectivity index (χ4v) is 5.08. The van der Waals surface area contributed by atoms with Crippen molar-refractivity contribution in [2.45, 2.75) is 33.4 Å². The van der Waals surface area contributed by atoms with E-state index >= 15 is 0 Å². The molecule has 220 valence electrons. The van der Waals surface area contributed by atoms with Crippen LogP contribution in [0.25, 0.3) is 5.76 Å². The van der Waals surface area contributed by atoms with Gasteiger partial charge in [0.15, 0.2) is 0 Å². The predicted molar refractivity (Wildman–Crippen MR) is 158 cm³/mol. The second-order valence-corrected chi connectivity index (χ2v) is 10.6. The smallest absolute Gasteiger partial charge is 0.301 e. The van der Waals surface area contributed by atoms with E-state index in [1.165, 1.54) is 18.2 Å². The molecule has 1 saturated heterocycles. The van der Waals surface area contributed by atoms with Gasteiger partial charge >= 0.3 is 5.91 Å². The van der Waals surface area contributed by atoms with Crippen LogP contribution in [-0.4, -0.2) is 43.0 Å². The number of Topliss-reactive ketones (excluding diaryl/α,β-unsaturated/α-hetero) is 1. The van der Waals surface area contributed by atoms with Crippen LogP contribution < -0.4 is 9.64 Å². The standard InChI is InChI=1S/C28H22N4O6S.C2H4O2/c1-16-5-3-6-18(13-16)15-38-22-11-9-19(10-12-22)25(33)23-24(20-7-4-8-21(14-20)32(36)37)31(27(35)26(23)34)28-30-29-17(2)39-28;1-2(3)4/h3-14,24,33H,15H2,1-2H3;1H3,(H,3,4)/b25-23+;. The maximum Gasteiger partial charge on any atom is 0.301 e. The minimum Gasteiger partial charge on any atom is -0.507 e. The number of aliphatic carboxylic acids is 1. The van der Waals surface area contributed by atoms with Crippen LogP contribution in [0, 0.1) is 24.0 Å². The monoisotopic (exact) mass is 602 g/mol. The van der Waals surface area contributed by atoms with Gasteiger partial charge in [-0.3, -0.25) is 29.4 Å². The number of anilines is 1. The minimum atomic E-state index is -1.14. The number of carboxylic acid groups (broad SMARTS) is 1. The second kappa shape index (κ2) is 13.0. The van der Waals surface area contributed by atoms with Crippen LogP contribution in [-0.2, 0) is 21.0 Å². The largest absolute Gasteiger partial charge is 0.507 e. The van der Waals surface area contributed by atoms with Crippen LogP contribution in [0.4, 0.5) is 10.8 Å². The zero-order valence-electron chi connectivity index (χ0n) is 23.3. The molecule has 1 amide bonds. The van der Waals surface area contributed by atoms with Gasteiger partial charge in [-0.1, -0.05) is 53.3 Å². The molecule has 1 fully saturated rings. The number of non-ortho nitro benzene ring substituents is 1. The number of benzene rings is 3. The molecular formula is C30H26N4O8S. The highest BCUT2D eigenvalue weighted by Gasteiger charge is 2.48. The lowest BCUT2D eigenvalue weighted by Gasteiger charge is -2.22. The third-order valence-electron chi connectivity index (χ3n) is 6.18. The zero-order valence-corrected chi connectivity index (χ0v) is 24.1. The third-order valence-corrected chi connectivity index (χ3v) is 7.02. The number of hydrogen-bond acceptors (Lipinski definition) is 10. The minimum absolute atomic E-state index is 0.144. The summed E-state index contributed by atoms with van der Waals surface area (Å²) >= 11 is 1.09. The van der Waals surface area contributed by atoms with Crippen molar-refractivity contribution < 1.29 is 34.3 Å². The first-order valence-corrected chi connectivity index (χ1v) is 13.6. The number of ketones is 1. The SMILES string of the molecule is CC(=O)O.Cc1cccc(COc2ccc(/C(O)=C3\C(=O)C(=O)N(c4nnc(C)s4)C3c3cccc([N+](=O)[O-])c3)cc2)c1. The molecule has 4 aromatic rings.